The molecule has 3 aromatic carbocycles. The first-order valence-corrected chi connectivity index (χ1v) is 17.6. The number of likely N-dealkylation sites (tertiary alicyclic amines) is 2. The topological polar surface area (TPSA) is 78.4 Å². The zero-order valence-corrected chi connectivity index (χ0v) is 27.9. The van der Waals surface area contributed by atoms with Crippen molar-refractivity contribution in [3.63, 3.8) is 0 Å². The molecule has 2 amide bonds. The highest BCUT2D eigenvalue weighted by atomic mass is 32.1. The van der Waals surface area contributed by atoms with E-state index in [0.717, 1.165) is 59.7 Å². The van der Waals surface area contributed by atoms with Gasteiger partial charge in [0.2, 0.25) is 0 Å². The van der Waals surface area contributed by atoms with Gasteiger partial charge in [0.25, 0.3) is 11.8 Å². The molecule has 4 heterocycles. The van der Waals surface area contributed by atoms with E-state index in [1.165, 1.54) is 35.6 Å². The van der Waals surface area contributed by atoms with E-state index in [2.05, 4.69) is 20.2 Å². The monoisotopic (exact) mass is 701 g/mol. The lowest BCUT2D eigenvalue weighted by atomic mass is 9.94. The highest BCUT2D eigenvalue weighted by molar-refractivity contribution is 7.09. The van der Waals surface area contributed by atoms with Crippen LogP contribution < -0.4 is 5.32 Å². The minimum atomic E-state index is -4.43. The molecular weight excluding hydrogens is 667 g/mol. The Kier molecular flexibility index (Phi) is 9.65. The first kappa shape index (κ1) is 33.8. The van der Waals surface area contributed by atoms with Crippen molar-refractivity contribution in [3.05, 3.63) is 118 Å². The molecule has 2 aliphatic heterocycles. The smallest absolute Gasteiger partial charge is 0.348 e. The summed E-state index contributed by atoms with van der Waals surface area (Å²) in [5, 5.41) is 6.61. The molecule has 1 N–H and O–H groups in total. The molecule has 7 rings (SSSR count). The number of piperidine rings is 2. The van der Waals surface area contributed by atoms with Crippen LogP contribution in [0.3, 0.4) is 0 Å². The van der Waals surface area contributed by atoms with Gasteiger partial charge in [-0.2, -0.15) is 13.2 Å². The second-order valence-electron chi connectivity index (χ2n) is 12.9. The van der Waals surface area contributed by atoms with Crippen LogP contribution in [0.15, 0.2) is 84.2 Å². The zero-order chi connectivity index (χ0) is 34.8. The van der Waals surface area contributed by atoms with Gasteiger partial charge in [-0.15, -0.1) is 11.3 Å². The molecule has 12 heteroatoms. The minimum Gasteiger partial charge on any atom is -0.348 e. The Hall–Kier alpha value is -4.68. The predicted octanol–water partition coefficient (Wildman–Crippen LogP) is 7.93. The van der Waals surface area contributed by atoms with Gasteiger partial charge in [0.15, 0.2) is 0 Å². The third-order valence-corrected chi connectivity index (χ3v) is 10.6. The third kappa shape index (κ3) is 7.56. The number of carbonyl (C=O) groups is 2. The number of carbonyl (C=O) groups excluding carboxylic acids is 2. The van der Waals surface area contributed by atoms with Crippen molar-refractivity contribution in [2.24, 2.45) is 0 Å². The van der Waals surface area contributed by atoms with Crippen LogP contribution in [0.4, 0.5) is 17.6 Å². The van der Waals surface area contributed by atoms with E-state index in [1.807, 2.05) is 12.1 Å². The quantitative estimate of drug-likeness (QED) is 0.175. The zero-order valence-electron chi connectivity index (χ0n) is 27.1. The lowest BCUT2D eigenvalue weighted by Crippen LogP contribution is -2.44. The summed E-state index contributed by atoms with van der Waals surface area (Å²) < 4.78 is 52.7. The Morgan fingerprint density at radius 3 is 2.34 bits per heavy atom. The number of alkyl halides is 3. The first-order chi connectivity index (χ1) is 24.1. The van der Waals surface area contributed by atoms with Gasteiger partial charge in [-0.25, -0.2) is 9.37 Å². The van der Waals surface area contributed by atoms with Crippen LogP contribution in [0.2, 0.25) is 0 Å². The molecule has 2 aliphatic rings. The van der Waals surface area contributed by atoms with E-state index >= 15 is 0 Å². The molecule has 7 nitrogen and oxygen atoms in total. The van der Waals surface area contributed by atoms with Crippen LogP contribution in [-0.2, 0) is 12.7 Å². The van der Waals surface area contributed by atoms with Crippen molar-refractivity contribution in [3.8, 4) is 11.1 Å². The van der Waals surface area contributed by atoms with E-state index in [-0.39, 0.29) is 29.6 Å². The summed E-state index contributed by atoms with van der Waals surface area (Å²) in [6.45, 7) is 3.36. The number of rotatable bonds is 7. The van der Waals surface area contributed by atoms with Gasteiger partial charge >= 0.3 is 6.18 Å². The third-order valence-electron chi connectivity index (χ3n) is 9.58. The Morgan fingerprint density at radius 1 is 0.860 bits per heavy atom. The van der Waals surface area contributed by atoms with E-state index in [4.69, 9.17) is 0 Å². The molecule has 0 saturated carbocycles. The van der Waals surface area contributed by atoms with Crippen molar-refractivity contribution in [2.75, 3.05) is 26.2 Å². The second kappa shape index (κ2) is 14.3. The lowest BCUT2D eigenvalue weighted by Gasteiger charge is -2.32. The number of hydrogen-bond acceptors (Lipinski definition) is 6. The number of nitrogens with zero attached hydrogens (tertiary/aromatic N) is 4. The van der Waals surface area contributed by atoms with Crippen molar-refractivity contribution in [1.29, 1.82) is 0 Å². The Bertz CT molecular complexity index is 2000. The van der Waals surface area contributed by atoms with E-state index in [0.29, 0.717) is 54.9 Å². The average molecular weight is 702 g/mol. The molecule has 2 saturated heterocycles. The second-order valence-corrected chi connectivity index (χ2v) is 13.8. The van der Waals surface area contributed by atoms with Crippen LogP contribution >= 0.6 is 11.3 Å². The van der Waals surface area contributed by atoms with Crippen LogP contribution in [0.1, 0.15) is 68.7 Å². The number of amides is 2. The fourth-order valence-electron chi connectivity index (χ4n) is 6.79. The summed E-state index contributed by atoms with van der Waals surface area (Å²) in [4.78, 5) is 40.2. The molecule has 258 valence electrons. The van der Waals surface area contributed by atoms with Gasteiger partial charge in [0.05, 0.1) is 21.8 Å². The van der Waals surface area contributed by atoms with E-state index < -0.39 is 11.7 Å². The Balaban J connectivity index is 0.896. The highest BCUT2D eigenvalue weighted by Crippen LogP contribution is 2.34. The molecule has 0 unspecified atom stereocenters. The van der Waals surface area contributed by atoms with E-state index in [9.17, 15) is 27.2 Å². The summed E-state index contributed by atoms with van der Waals surface area (Å²) in [7, 11) is 0. The minimum absolute atomic E-state index is 0.0520. The van der Waals surface area contributed by atoms with Gasteiger partial charge < -0.3 is 10.2 Å². The highest BCUT2D eigenvalue weighted by Gasteiger charge is 2.31. The van der Waals surface area contributed by atoms with Crippen LogP contribution in [0.5, 0.6) is 0 Å². The summed E-state index contributed by atoms with van der Waals surface area (Å²) in [5.74, 6) is -0.486. The van der Waals surface area contributed by atoms with Crippen molar-refractivity contribution in [2.45, 2.75) is 50.4 Å². The van der Waals surface area contributed by atoms with Crippen molar-refractivity contribution < 1.29 is 27.2 Å². The molecule has 0 aliphatic carbocycles. The largest absolute Gasteiger partial charge is 0.416 e. The SMILES string of the molecule is O=C(NC1CCN(Cc2ccc3cc(F)ccc3n2)CC1)c1csc(C2CCN(C(=O)c3ccccc3-c3ccc(C(F)(F)F)cc3)CC2)n1. The van der Waals surface area contributed by atoms with Gasteiger partial charge in [0, 0.05) is 61.0 Å². The normalized spacial score (nSPS) is 16.5. The number of pyridine rings is 1. The number of nitrogens with one attached hydrogen (secondary N) is 1. The molecule has 2 aromatic heterocycles. The summed E-state index contributed by atoms with van der Waals surface area (Å²) >= 11 is 1.47. The van der Waals surface area contributed by atoms with Crippen LogP contribution in [0, 0.1) is 5.82 Å². The van der Waals surface area contributed by atoms with Gasteiger partial charge in [0.1, 0.15) is 11.5 Å². The fraction of sp³-hybridized carbons (Fsp3) is 0.316. The lowest BCUT2D eigenvalue weighted by molar-refractivity contribution is -0.137. The maximum absolute atomic E-state index is 13.6. The molecule has 2 fully saturated rings. The molecule has 5 aromatic rings. The van der Waals surface area contributed by atoms with Gasteiger partial charge in [-0.3, -0.25) is 19.5 Å². The van der Waals surface area contributed by atoms with Gasteiger partial charge in [-0.1, -0.05) is 36.4 Å². The molecule has 0 bridgehead atoms. The number of benzene rings is 3. The molecule has 50 heavy (non-hydrogen) atoms. The fourth-order valence-corrected chi connectivity index (χ4v) is 7.76. The average Bonchev–Trinajstić information content (AvgIpc) is 3.63. The van der Waals surface area contributed by atoms with Crippen molar-refractivity contribution in [1.82, 2.24) is 25.1 Å². The van der Waals surface area contributed by atoms with Crippen LogP contribution in [0.25, 0.3) is 22.0 Å². The number of aromatic nitrogens is 2. The summed E-state index contributed by atoms with van der Waals surface area (Å²) in [5.41, 5.74) is 2.97. The molecule has 0 spiro atoms. The maximum atomic E-state index is 13.6. The summed E-state index contributed by atoms with van der Waals surface area (Å²) in [6.07, 6.45) is -1.40. The van der Waals surface area contributed by atoms with Crippen LogP contribution in [-0.4, -0.2) is 63.8 Å². The number of hydrogen-bond donors (Lipinski definition) is 1. The standard InChI is InChI=1S/C38H35F4N5O2S/c39-28-10-12-33-26(21-28)7-11-30(43-33)22-46-17-15-29(16-18-46)44-35(48)34-23-50-36(45-34)25-13-19-47(20-14-25)37(49)32-4-2-1-3-31(32)24-5-8-27(9-6-24)38(40,41)42/h1-12,21,23,25,29H,13-20,22H2,(H,44,48). The summed E-state index contributed by atoms with van der Waals surface area (Å²) in [6, 6.07) is 20.3. The number of halogens is 4. The van der Waals surface area contributed by atoms with Crippen molar-refractivity contribution >= 4 is 34.1 Å². The molecular formula is C38H35F4N5O2S. The van der Waals surface area contributed by atoms with Gasteiger partial charge in [-0.05, 0) is 79.3 Å². The first-order valence-electron chi connectivity index (χ1n) is 16.7. The number of fused-ring (bicyclic) bond motifs is 1. The Morgan fingerprint density at radius 2 is 1.60 bits per heavy atom. The molecule has 0 radical (unpaired) electrons. The Labute approximate surface area is 291 Å². The van der Waals surface area contributed by atoms with E-state index in [1.54, 1.807) is 40.6 Å². The number of thiazole rings is 1. The maximum Gasteiger partial charge on any atom is 0.416 e. The molecule has 0 atom stereocenters. The predicted molar refractivity (Wildman–Crippen MR) is 184 cm³/mol.